The highest BCUT2D eigenvalue weighted by atomic mass is 16.7. The molecule has 23 heavy (non-hydrogen) atoms. The van der Waals surface area contributed by atoms with Crippen molar-refractivity contribution in [2.24, 2.45) is 0 Å². The first kappa shape index (κ1) is 16.5. The Labute approximate surface area is 135 Å². The van der Waals surface area contributed by atoms with E-state index in [2.05, 4.69) is 5.32 Å². The minimum Gasteiger partial charge on any atom is -0.453 e. The molecule has 0 aromatic heterocycles. The standard InChI is InChI=1S/C18H19NO4/c1-13-4-6-14(7-5-13)17(21)19-15-8-10-16(11-9-15)23-18(2,3)22-12-20/h4-12H,1-3H3,(H,19,21). The van der Waals surface area contributed by atoms with E-state index in [1.165, 1.54) is 0 Å². The van der Waals surface area contributed by atoms with Crippen molar-refractivity contribution in [1.29, 1.82) is 0 Å². The summed E-state index contributed by atoms with van der Waals surface area (Å²) in [5.41, 5.74) is 2.34. The van der Waals surface area contributed by atoms with Gasteiger partial charge in [0, 0.05) is 25.1 Å². The molecule has 2 aromatic rings. The molecule has 0 radical (unpaired) electrons. The third kappa shape index (κ3) is 4.85. The molecule has 0 saturated carbocycles. The van der Waals surface area contributed by atoms with Crippen LogP contribution in [0.2, 0.25) is 0 Å². The van der Waals surface area contributed by atoms with Gasteiger partial charge in [0.1, 0.15) is 5.75 Å². The molecule has 0 atom stereocenters. The van der Waals surface area contributed by atoms with Crippen LogP contribution in [0.1, 0.15) is 29.8 Å². The average molecular weight is 313 g/mol. The molecule has 0 spiro atoms. The summed E-state index contributed by atoms with van der Waals surface area (Å²) in [5.74, 6) is -0.692. The maximum absolute atomic E-state index is 12.1. The number of anilines is 1. The van der Waals surface area contributed by atoms with Crippen LogP contribution in [0.15, 0.2) is 48.5 Å². The molecule has 0 bridgehead atoms. The highest BCUT2D eigenvalue weighted by Crippen LogP contribution is 2.21. The number of nitrogens with one attached hydrogen (secondary N) is 1. The molecule has 0 fully saturated rings. The van der Waals surface area contributed by atoms with Gasteiger partial charge in [-0.2, -0.15) is 0 Å². The summed E-state index contributed by atoms with van der Waals surface area (Å²) < 4.78 is 10.4. The molecule has 0 aliphatic heterocycles. The van der Waals surface area contributed by atoms with Crippen LogP contribution in [-0.4, -0.2) is 18.2 Å². The van der Waals surface area contributed by atoms with Crippen LogP contribution in [0, 0.1) is 6.92 Å². The molecule has 0 aliphatic carbocycles. The fraction of sp³-hybridized carbons (Fsp3) is 0.222. The van der Waals surface area contributed by atoms with Crippen molar-refractivity contribution in [1.82, 2.24) is 0 Å². The molecule has 0 unspecified atom stereocenters. The Bertz CT molecular complexity index is 675. The Morgan fingerprint density at radius 3 is 2.22 bits per heavy atom. The minimum atomic E-state index is -1.05. The van der Waals surface area contributed by atoms with Gasteiger partial charge in [0.25, 0.3) is 12.4 Å². The number of aryl methyl sites for hydroxylation is 1. The van der Waals surface area contributed by atoms with E-state index in [4.69, 9.17) is 9.47 Å². The Kier molecular flexibility index (Phi) is 5.01. The maximum atomic E-state index is 12.1. The van der Waals surface area contributed by atoms with Gasteiger partial charge in [-0.3, -0.25) is 9.59 Å². The minimum absolute atomic E-state index is 0.178. The van der Waals surface area contributed by atoms with Gasteiger partial charge in [0.15, 0.2) is 0 Å². The number of rotatable bonds is 6. The van der Waals surface area contributed by atoms with Crippen molar-refractivity contribution in [2.45, 2.75) is 26.6 Å². The van der Waals surface area contributed by atoms with Crippen LogP contribution >= 0.6 is 0 Å². The summed E-state index contributed by atoms with van der Waals surface area (Å²) in [7, 11) is 0. The zero-order valence-corrected chi connectivity index (χ0v) is 13.3. The number of amides is 1. The van der Waals surface area contributed by atoms with Crippen molar-refractivity contribution < 1.29 is 19.1 Å². The van der Waals surface area contributed by atoms with E-state index >= 15 is 0 Å². The Morgan fingerprint density at radius 2 is 1.65 bits per heavy atom. The fourth-order valence-corrected chi connectivity index (χ4v) is 1.94. The lowest BCUT2D eigenvalue weighted by atomic mass is 10.1. The number of carbonyl (C=O) groups excluding carboxylic acids is 2. The fourth-order valence-electron chi connectivity index (χ4n) is 1.94. The second-order valence-electron chi connectivity index (χ2n) is 5.56. The topological polar surface area (TPSA) is 64.6 Å². The number of benzene rings is 2. The van der Waals surface area contributed by atoms with Crippen LogP contribution in [0.4, 0.5) is 5.69 Å². The lowest BCUT2D eigenvalue weighted by Gasteiger charge is -2.24. The number of carbonyl (C=O) groups is 2. The Balaban J connectivity index is 2.01. The molecule has 1 N–H and O–H groups in total. The van der Waals surface area contributed by atoms with Crippen molar-refractivity contribution in [3.8, 4) is 5.75 Å². The summed E-state index contributed by atoms with van der Waals surface area (Å²) >= 11 is 0. The van der Waals surface area contributed by atoms with Gasteiger partial charge in [-0.25, -0.2) is 0 Å². The normalized spacial score (nSPS) is 10.7. The molecule has 5 heteroatoms. The lowest BCUT2D eigenvalue weighted by molar-refractivity contribution is -0.170. The van der Waals surface area contributed by atoms with E-state index in [0.717, 1.165) is 5.56 Å². The van der Waals surface area contributed by atoms with E-state index < -0.39 is 5.79 Å². The van der Waals surface area contributed by atoms with Crippen LogP contribution in [0.3, 0.4) is 0 Å². The highest BCUT2D eigenvalue weighted by molar-refractivity contribution is 6.04. The van der Waals surface area contributed by atoms with E-state index in [0.29, 0.717) is 23.5 Å². The molecule has 120 valence electrons. The van der Waals surface area contributed by atoms with Crippen LogP contribution in [-0.2, 0) is 9.53 Å². The smallest absolute Gasteiger partial charge is 0.296 e. The first-order chi connectivity index (χ1) is 10.9. The van der Waals surface area contributed by atoms with Crippen LogP contribution in [0.25, 0.3) is 0 Å². The lowest BCUT2D eigenvalue weighted by Crippen LogP contribution is -2.31. The van der Waals surface area contributed by atoms with Crippen molar-refractivity contribution in [3.05, 3.63) is 59.7 Å². The molecular weight excluding hydrogens is 294 g/mol. The first-order valence-electron chi connectivity index (χ1n) is 7.18. The van der Waals surface area contributed by atoms with Gasteiger partial charge in [-0.1, -0.05) is 17.7 Å². The zero-order valence-electron chi connectivity index (χ0n) is 13.3. The van der Waals surface area contributed by atoms with Gasteiger partial charge in [0.05, 0.1) is 0 Å². The molecule has 0 heterocycles. The van der Waals surface area contributed by atoms with Crippen molar-refractivity contribution in [2.75, 3.05) is 5.32 Å². The third-order valence-electron chi connectivity index (χ3n) is 3.12. The number of ether oxygens (including phenoxy) is 2. The number of hydrogen-bond acceptors (Lipinski definition) is 4. The Morgan fingerprint density at radius 1 is 1.04 bits per heavy atom. The van der Waals surface area contributed by atoms with Crippen LogP contribution in [0.5, 0.6) is 5.75 Å². The summed E-state index contributed by atoms with van der Waals surface area (Å²) in [6.07, 6.45) is 0. The summed E-state index contributed by atoms with van der Waals surface area (Å²) in [6.45, 7) is 5.58. The molecule has 2 aromatic carbocycles. The highest BCUT2D eigenvalue weighted by Gasteiger charge is 2.20. The van der Waals surface area contributed by atoms with Gasteiger partial charge in [0.2, 0.25) is 5.79 Å². The molecular formula is C18H19NO4. The largest absolute Gasteiger partial charge is 0.453 e. The van der Waals surface area contributed by atoms with Crippen molar-refractivity contribution in [3.63, 3.8) is 0 Å². The van der Waals surface area contributed by atoms with Gasteiger partial charge < -0.3 is 14.8 Å². The predicted molar refractivity (Wildman–Crippen MR) is 87.4 cm³/mol. The second-order valence-corrected chi connectivity index (χ2v) is 5.56. The summed E-state index contributed by atoms with van der Waals surface area (Å²) in [4.78, 5) is 22.5. The molecule has 5 nitrogen and oxygen atoms in total. The van der Waals surface area contributed by atoms with Gasteiger partial charge in [-0.15, -0.1) is 0 Å². The predicted octanol–water partition coefficient (Wildman–Crippen LogP) is 3.54. The van der Waals surface area contributed by atoms with E-state index in [9.17, 15) is 9.59 Å². The summed E-state index contributed by atoms with van der Waals surface area (Å²) in [6, 6.07) is 14.2. The Hall–Kier alpha value is -2.82. The molecule has 0 saturated heterocycles. The number of hydrogen-bond donors (Lipinski definition) is 1. The molecule has 0 aliphatic rings. The zero-order chi connectivity index (χ0) is 16.9. The van der Waals surface area contributed by atoms with E-state index in [-0.39, 0.29) is 5.91 Å². The quantitative estimate of drug-likeness (QED) is 0.654. The second kappa shape index (κ2) is 6.96. The molecule has 2 rings (SSSR count). The first-order valence-corrected chi connectivity index (χ1v) is 7.18. The summed E-state index contributed by atoms with van der Waals surface area (Å²) in [5, 5.41) is 2.81. The maximum Gasteiger partial charge on any atom is 0.296 e. The molecule has 1 amide bonds. The van der Waals surface area contributed by atoms with Crippen molar-refractivity contribution >= 4 is 18.1 Å². The van der Waals surface area contributed by atoms with Gasteiger partial charge in [-0.05, 0) is 43.3 Å². The SMILES string of the molecule is Cc1ccc(C(=O)Nc2ccc(OC(C)(C)OC=O)cc2)cc1. The van der Waals surface area contributed by atoms with E-state index in [1.807, 2.05) is 19.1 Å². The average Bonchev–Trinajstić information content (AvgIpc) is 2.49. The third-order valence-corrected chi connectivity index (χ3v) is 3.12. The van der Waals surface area contributed by atoms with E-state index in [1.54, 1.807) is 50.2 Å². The monoisotopic (exact) mass is 313 g/mol. The van der Waals surface area contributed by atoms with Gasteiger partial charge >= 0.3 is 0 Å². The van der Waals surface area contributed by atoms with Crippen LogP contribution < -0.4 is 10.1 Å².